The minimum Gasteiger partial charge on any atom is -0.316 e. The highest BCUT2D eigenvalue weighted by Crippen LogP contribution is 2.22. The number of rotatable bonds is 7. The fraction of sp³-hybridized carbons (Fsp3) is 0.562. The lowest BCUT2D eigenvalue weighted by Crippen LogP contribution is -2.19. The summed E-state index contributed by atoms with van der Waals surface area (Å²) < 4.78 is 0. The fourth-order valence-electron chi connectivity index (χ4n) is 2.60. The van der Waals surface area contributed by atoms with Crippen LogP contribution in [0.2, 0.25) is 0 Å². The third kappa shape index (κ3) is 3.95. The third-order valence-corrected chi connectivity index (χ3v) is 3.64. The van der Waals surface area contributed by atoms with E-state index in [1.165, 1.54) is 24.8 Å². The van der Waals surface area contributed by atoms with Crippen molar-refractivity contribution >= 4 is 5.78 Å². The number of carbonyl (C=O) groups is 1. The van der Waals surface area contributed by atoms with E-state index in [2.05, 4.69) is 23.5 Å². The Morgan fingerprint density at radius 2 is 2.06 bits per heavy atom. The molecule has 1 aliphatic rings. The lowest BCUT2D eigenvalue weighted by molar-refractivity contribution is -0.117. The van der Waals surface area contributed by atoms with Crippen molar-refractivity contribution in [3.8, 4) is 0 Å². The Morgan fingerprint density at radius 3 is 2.89 bits per heavy atom. The van der Waals surface area contributed by atoms with Gasteiger partial charge in [-0.2, -0.15) is 0 Å². The molecule has 1 N–H and O–H groups in total. The number of Topliss-reactive ketones (excluding diaryl/α,β-unsaturated/α-hetero) is 1. The second-order valence-electron chi connectivity index (χ2n) is 5.26. The Morgan fingerprint density at radius 1 is 1.22 bits per heavy atom. The van der Waals surface area contributed by atoms with E-state index in [-0.39, 0.29) is 5.78 Å². The molecular formula is C16H23NO. The molecule has 1 aromatic carbocycles. The zero-order valence-corrected chi connectivity index (χ0v) is 11.3. The van der Waals surface area contributed by atoms with Crippen LogP contribution in [0.1, 0.15) is 42.9 Å². The van der Waals surface area contributed by atoms with E-state index in [1.807, 2.05) is 0 Å². The van der Waals surface area contributed by atoms with Gasteiger partial charge in [-0.1, -0.05) is 18.2 Å². The minimum atomic E-state index is 0.287. The van der Waals surface area contributed by atoms with Gasteiger partial charge in [-0.15, -0.1) is 0 Å². The van der Waals surface area contributed by atoms with Gasteiger partial charge >= 0.3 is 0 Å². The van der Waals surface area contributed by atoms with E-state index in [0.29, 0.717) is 6.42 Å². The minimum absolute atomic E-state index is 0.287. The molecule has 2 nitrogen and oxygen atoms in total. The van der Waals surface area contributed by atoms with Crippen LogP contribution in [0.4, 0.5) is 0 Å². The molecule has 1 aromatic rings. The largest absolute Gasteiger partial charge is 0.316 e. The summed E-state index contributed by atoms with van der Waals surface area (Å²) in [6.07, 6.45) is 6.59. The Balaban J connectivity index is 1.66. The molecule has 0 saturated carbocycles. The van der Waals surface area contributed by atoms with Crippen LogP contribution in [0, 0.1) is 0 Å². The lowest BCUT2D eigenvalue weighted by Gasteiger charge is -2.06. The molecule has 18 heavy (non-hydrogen) atoms. The molecule has 2 rings (SSSR count). The summed E-state index contributed by atoms with van der Waals surface area (Å²) in [7, 11) is 0. The van der Waals surface area contributed by atoms with Gasteiger partial charge in [-0.25, -0.2) is 0 Å². The van der Waals surface area contributed by atoms with Gasteiger partial charge in [0.2, 0.25) is 0 Å². The molecule has 0 spiro atoms. The number of hydrogen-bond donors (Lipinski definition) is 1. The summed E-state index contributed by atoms with van der Waals surface area (Å²) in [5.74, 6) is 0.287. The molecule has 0 radical (unpaired) electrons. The molecule has 0 unspecified atom stereocenters. The number of fused-ring (bicyclic) bond motifs is 1. The predicted molar refractivity (Wildman–Crippen MR) is 75.0 cm³/mol. The van der Waals surface area contributed by atoms with E-state index in [4.69, 9.17) is 0 Å². The highest BCUT2D eigenvalue weighted by atomic mass is 16.1. The summed E-state index contributed by atoms with van der Waals surface area (Å²) in [4.78, 5) is 10.8. The predicted octanol–water partition coefficient (Wildman–Crippen LogP) is 2.68. The summed E-state index contributed by atoms with van der Waals surface area (Å²) in [6.45, 7) is 3.62. The topological polar surface area (TPSA) is 29.1 Å². The first-order valence-corrected chi connectivity index (χ1v) is 7.06. The van der Waals surface area contributed by atoms with E-state index in [0.717, 1.165) is 25.9 Å². The Kier molecular flexibility index (Phi) is 4.94. The first kappa shape index (κ1) is 13.3. The number of nitrogens with one attached hydrogen (secondary N) is 1. The average molecular weight is 245 g/mol. The van der Waals surface area contributed by atoms with Gasteiger partial charge < -0.3 is 10.1 Å². The van der Waals surface area contributed by atoms with Gasteiger partial charge in [0, 0.05) is 6.42 Å². The lowest BCUT2D eigenvalue weighted by atomic mass is 10.0. The number of benzene rings is 1. The first-order valence-electron chi connectivity index (χ1n) is 7.06. The first-order chi connectivity index (χ1) is 8.75. The Bertz CT molecular complexity index is 412. The van der Waals surface area contributed by atoms with Crippen LogP contribution >= 0.6 is 0 Å². The Labute approximate surface area is 110 Å². The number of ketones is 1. The van der Waals surface area contributed by atoms with Crippen molar-refractivity contribution in [2.45, 2.75) is 45.4 Å². The molecule has 0 aromatic heterocycles. The van der Waals surface area contributed by atoms with E-state index >= 15 is 0 Å². The van der Waals surface area contributed by atoms with Gasteiger partial charge in [0.1, 0.15) is 5.78 Å². The standard InChI is InChI=1S/C16H23NO/c1-13(18)4-3-10-17-11-9-14-7-8-15-5-2-6-16(15)12-14/h7-8,12,17H,2-6,9-11H2,1H3. The number of carbonyl (C=O) groups excluding carboxylic acids is 1. The van der Waals surface area contributed by atoms with E-state index in [9.17, 15) is 4.79 Å². The van der Waals surface area contributed by atoms with Crippen molar-refractivity contribution in [2.75, 3.05) is 13.1 Å². The average Bonchev–Trinajstić information content (AvgIpc) is 2.80. The van der Waals surface area contributed by atoms with Gasteiger partial charge in [0.05, 0.1) is 0 Å². The molecule has 0 aliphatic heterocycles. The van der Waals surface area contributed by atoms with Crippen molar-refractivity contribution in [3.63, 3.8) is 0 Å². The fourth-order valence-corrected chi connectivity index (χ4v) is 2.60. The molecule has 0 atom stereocenters. The van der Waals surface area contributed by atoms with Crippen molar-refractivity contribution in [2.24, 2.45) is 0 Å². The highest BCUT2D eigenvalue weighted by Gasteiger charge is 2.10. The van der Waals surface area contributed by atoms with Crippen LogP contribution in [0.25, 0.3) is 0 Å². The van der Waals surface area contributed by atoms with Crippen molar-refractivity contribution in [1.29, 1.82) is 0 Å². The molecule has 0 bridgehead atoms. The molecule has 2 heteroatoms. The number of hydrogen-bond acceptors (Lipinski definition) is 2. The maximum Gasteiger partial charge on any atom is 0.129 e. The van der Waals surface area contributed by atoms with E-state index < -0.39 is 0 Å². The summed E-state index contributed by atoms with van der Waals surface area (Å²) >= 11 is 0. The molecule has 98 valence electrons. The van der Waals surface area contributed by atoms with Crippen molar-refractivity contribution < 1.29 is 4.79 Å². The molecule has 0 saturated heterocycles. The second kappa shape index (κ2) is 6.69. The van der Waals surface area contributed by atoms with Crippen LogP contribution in [-0.4, -0.2) is 18.9 Å². The third-order valence-electron chi connectivity index (χ3n) is 3.64. The molecular weight excluding hydrogens is 222 g/mol. The van der Waals surface area contributed by atoms with E-state index in [1.54, 1.807) is 18.1 Å². The summed E-state index contributed by atoms with van der Waals surface area (Å²) in [6, 6.07) is 6.94. The van der Waals surface area contributed by atoms with Gasteiger partial charge in [-0.05, 0) is 68.8 Å². The van der Waals surface area contributed by atoms with Crippen LogP contribution in [-0.2, 0) is 24.1 Å². The van der Waals surface area contributed by atoms with Crippen molar-refractivity contribution in [1.82, 2.24) is 5.32 Å². The SMILES string of the molecule is CC(=O)CCCNCCc1ccc2c(c1)CCC2. The Hall–Kier alpha value is -1.15. The van der Waals surface area contributed by atoms with Gasteiger partial charge in [-0.3, -0.25) is 0 Å². The van der Waals surface area contributed by atoms with Crippen LogP contribution in [0.15, 0.2) is 18.2 Å². The van der Waals surface area contributed by atoms with Gasteiger partial charge in [0.25, 0.3) is 0 Å². The maximum atomic E-state index is 10.8. The highest BCUT2D eigenvalue weighted by molar-refractivity contribution is 5.75. The quantitative estimate of drug-likeness (QED) is 0.748. The molecule has 0 fully saturated rings. The van der Waals surface area contributed by atoms with Gasteiger partial charge in [0.15, 0.2) is 0 Å². The van der Waals surface area contributed by atoms with Crippen molar-refractivity contribution in [3.05, 3.63) is 34.9 Å². The second-order valence-corrected chi connectivity index (χ2v) is 5.26. The normalized spacial score (nSPS) is 13.6. The zero-order valence-electron chi connectivity index (χ0n) is 11.3. The summed E-state index contributed by atoms with van der Waals surface area (Å²) in [5.41, 5.74) is 4.55. The van der Waals surface area contributed by atoms with Crippen LogP contribution in [0.3, 0.4) is 0 Å². The molecule has 0 amide bonds. The number of aryl methyl sites for hydroxylation is 2. The molecule has 1 aliphatic carbocycles. The summed E-state index contributed by atoms with van der Waals surface area (Å²) in [5, 5.41) is 3.40. The molecule has 0 heterocycles. The zero-order chi connectivity index (χ0) is 12.8. The smallest absolute Gasteiger partial charge is 0.129 e. The van der Waals surface area contributed by atoms with Crippen LogP contribution in [0.5, 0.6) is 0 Å². The maximum absolute atomic E-state index is 10.8. The van der Waals surface area contributed by atoms with Crippen LogP contribution < -0.4 is 5.32 Å². The monoisotopic (exact) mass is 245 g/mol.